The van der Waals surface area contributed by atoms with Crippen LogP contribution < -0.4 is 10.2 Å². The third-order valence-corrected chi connectivity index (χ3v) is 4.00. The molecule has 0 aromatic carbocycles. The second-order valence-corrected chi connectivity index (χ2v) is 7.09. The number of piperidine rings is 1. The van der Waals surface area contributed by atoms with Crippen molar-refractivity contribution in [3.05, 3.63) is 18.1 Å². The minimum atomic E-state index is 0.169. The lowest BCUT2D eigenvalue weighted by Crippen LogP contribution is -2.50. The van der Waals surface area contributed by atoms with Gasteiger partial charge >= 0.3 is 0 Å². The molecule has 1 aliphatic heterocycles. The van der Waals surface area contributed by atoms with Crippen LogP contribution in [0.4, 0.5) is 5.82 Å². The zero-order chi connectivity index (χ0) is 15.3. The fraction of sp³-hybridized carbons (Fsp3) is 0.765. The van der Waals surface area contributed by atoms with Crippen molar-refractivity contribution in [2.24, 2.45) is 0 Å². The van der Waals surface area contributed by atoms with Gasteiger partial charge in [0, 0.05) is 36.4 Å². The van der Waals surface area contributed by atoms with Crippen LogP contribution in [0.15, 0.2) is 12.4 Å². The first kappa shape index (κ1) is 16.2. The Morgan fingerprint density at radius 3 is 2.81 bits per heavy atom. The summed E-state index contributed by atoms with van der Waals surface area (Å²) >= 11 is 0. The summed E-state index contributed by atoms with van der Waals surface area (Å²) in [4.78, 5) is 11.4. The van der Waals surface area contributed by atoms with Gasteiger partial charge in [0.15, 0.2) is 0 Å². The summed E-state index contributed by atoms with van der Waals surface area (Å²) in [5, 5.41) is 3.65. The third-order valence-electron chi connectivity index (χ3n) is 4.00. The van der Waals surface area contributed by atoms with Crippen LogP contribution in [0.25, 0.3) is 0 Å². The van der Waals surface area contributed by atoms with Gasteiger partial charge in [-0.05, 0) is 46.5 Å². The Labute approximate surface area is 129 Å². The number of hydrogen-bond donors (Lipinski definition) is 1. The summed E-state index contributed by atoms with van der Waals surface area (Å²) in [5.74, 6) is 1.11. The summed E-state index contributed by atoms with van der Waals surface area (Å²) in [6, 6.07) is 2.72. The van der Waals surface area contributed by atoms with Crippen molar-refractivity contribution >= 4 is 5.82 Å². The van der Waals surface area contributed by atoms with E-state index in [9.17, 15) is 0 Å². The molecule has 1 fully saturated rings. The SMILES string of the molecule is CCCc1cc(N2CCCCC2CNC(C)(C)C)ncn1. The van der Waals surface area contributed by atoms with Crippen LogP contribution in [0.2, 0.25) is 0 Å². The molecule has 0 saturated carbocycles. The lowest BCUT2D eigenvalue weighted by atomic mass is 10.0. The zero-order valence-corrected chi connectivity index (χ0v) is 14.0. The summed E-state index contributed by atoms with van der Waals surface area (Å²) in [6.45, 7) is 11.0. The smallest absolute Gasteiger partial charge is 0.132 e. The Morgan fingerprint density at radius 2 is 2.10 bits per heavy atom. The van der Waals surface area contributed by atoms with Gasteiger partial charge in [-0.3, -0.25) is 0 Å². The van der Waals surface area contributed by atoms with E-state index in [1.807, 2.05) is 0 Å². The Bertz CT molecular complexity index is 439. The third kappa shape index (κ3) is 4.95. The summed E-state index contributed by atoms with van der Waals surface area (Å²) in [7, 11) is 0. The van der Waals surface area contributed by atoms with E-state index in [0.29, 0.717) is 6.04 Å². The molecule has 0 aliphatic carbocycles. The number of anilines is 1. The van der Waals surface area contributed by atoms with E-state index >= 15 is 0 Å². The van der Waals surface area contributed by atoms with Crippen LogP contribution in [0.1, 0.15) is 59.1 Å². The van der Waals surface area contributed by atoms with Crippen molar-refractivity contribution in [2.45, 2.75) is 71.4 Å². The molecule has 4 heteroatoms. The molecule has 1 aromatic heterocycles. The summed E-state index contributed by atoms with van der Waals surface area (Å²) in [5.41, 5.74) is 1.33. The highest BCUT2D eigenvalue weighted by Gasteiger charge is 2.25. The fourth-order valence-corrected chi connectivity index (χ4v) is 2.87. The van der Waals surface area contributed by atoms with E-state index in [1.165, 1.54) is 19.3 Å². The maximum atomic E-state index is 4.53. The minimum absolute atomic E-state index is 0.169. The van der Waals surface area contributed by atoms with Crippen molar-refractivity contribution in [1.29, 1.82) is 0 Å². The Kier molecular flexibility index (Phi) is 5.57. The number of nitrogens with one attached hydrogen (secondary N) is 1. The van der Waals surface area contributed by atoms with Crippen LogP contribution >= 0.6 is 0 Å². The van der Waals surface area contributed by atoms with Gasteiger partial charge in [0.1, 0.15) is 12.1 Å². The molecule has 1 saturated heterocycles. The van der Waals surface area contributed by atoms with Gasteiger partial charge in [-0.25, -0.2) is 9.97 Å². The van der Waals surface area contributed by atoms with E-state index in [-0.39, 0.29) is 5.54 Å². The molecule has 1 N–H and O–H groups in total. The first-order valence-corrected chi connectivity index (χ1v) is 8.32. The molecule has 118 valence electrons. The molecule has 4 nitrogen and oxygen atoms in total. The molecule has 0 amide bonds. The summed E-state index contributed by atoms with van der Waals surface area (Å²) in [6.07, 6.45) is 7.72. The predicted octanol–water partition coefficient (Wildman–Crippen LogP) is 3.18. The number of nitrogens with zero attached hydrogens (tertiary/aromatic N) is 3. The monoisotopic (exact) mass is 290 g/mol. The van der Waals surface area contributed by atoms with E-state index < -0.39 is 0 Å². The van der Waals surface area contributed by atoms with E-state index in [2.05, 4.69) is 53.9 Å². The number of aromatic nitrogens is 2. The lowest BCUT2D eigenvalue weighted by Gasteiger charge is -2.38. The highest BCUT2D eigenvalue weighted by Crippen LogP contribution is 2.23. The van der Waals surface area contributed by atoms with Crippen molar-refractivity contribution in [1.82, 2.24) is 15.3 Å². The van der Waals surface area contributed by atoms with Gasteiger partial charge in [-0.15, -0.1) is 0 Å². The fourth-order valence-electron chi connectivity index (χ4n) is 2.87. The van der Waals surface area contributed by atoms with Crippen LogP contribution in [-0.2, 0) is 6.42 Å². The van der Waals surface area contributed by atoms with Crippen molar-refractivity contribution < 1.29 is 0 Å². The normalized spacial score (nSPS) is 19.8. The highest BCUT2D eigenvalue weighted by atomic mass is 15.2. The second-order valence-electron chi connectivity index (χ2n) is 7.09. The van der Waals surface area contributed by atoms with Gasteiger partial charge in [0.2, 0.25) is 0 Å². The van der Waals surface area contributed by atoms with Crippen LogP contribution in [0, 0.1) is 0 Å². The first-order valence-electron chi connectivity index (χ1n) is 8.32. The molecule has 1 aromatic rings. The molecular formula is C17H30N4. The number of aryl methyl sites for hydroxylation is 1. The van der Waals surface area contributed by atoms with E-state index in [0.717, 1.165) is 37.4 Å². The molecule has 0 spiro atoms. The van der Waals surface area contributed by atoms with E-state index in [4.69, 9.17) is 0 Å². The highest BCUT2D eigenvalue weighted by molar-refractivity contribution is 5.41. The Hall–Kier alpha value is -1.16. The molecule has 1 atom stereocenters. The van der Waals surface area contributed by atoms with Gasteiger partial charge in [-0.1, -0.05) is 13.3 Å². The molecule has 0 bridgehead atoms. The van der Waals surface area contributed by atoms with Gasteiger partial charge in [-0.2, -0.15) is 0 Å². The largest absolute Gasteiger partial charge is 0.352 e. The average molecular weight is 290 g/mol. The van der Waals surface area contributed by atoms with Crippen LogP contribution in [0.3, 0.4) is 0 Å². The molecule has 2 rings (SSSR count). The van der Waals surface area contributed by atoms with Crippen LogP contribution in [-0.4, -0.2) is 34.6 Å². The van der Waals surface area contributed by atoms with Gasteiger partial charge in [0.05, 0.1) is 0 Å². The molecule has 2 heterocycles. The second kappa shape index (κ2) is 7.21. The molecular weight excluding hydrogens is 260 g/mol. The minimum Gasteiger partial charge on any atom is -0.352 e. The standard InChI is InChI=1S/C17H30N4/c1-5-8-14-11-16(19-13-18-14)21-10-7-6-9-15(21)12-20-17(2,3)4/h11,13,15,20H,5-10,12H2,1-4H3. The number of hydrogen-bond acceptors (Lipinski definition) is 4. The zero-order valence-electron chi connectivity index (χ0n) is 14.0. The Balaban J connectivity index is 2.08. The molecule has 21 heavy (non-hydrogen) atoms. The predicted molar refractivity (Wildman–Crippen MR) is 88.8 cm³/mol. The van der Waals surface area contributed by atoms with E-state index in [1.54, 1.807) is 6.33 Å². The Morgan fingerprint density at radius 1 is 1.29 bits per heavy atom. The van der Waals surface area contributed by atoms with Crippen molar-refractivity contribution in [3.8, 4) is 0 Å². The maximum Gasteiger partial charge on any atom is 0.132 e. The molecule has 0 radical (unpaired) electrons. The number of rotatable bonds is 5. The maximum absolute atomic E-state index is 4.53. The quantitative estimate of drug-likeness (QED) is 0.904. The van der Waals surface area contributed by atoms with Crippen molar-refractivity contribution in [3.63, 3.8) is 0 Å². The average Bonchev–Trinajstić information content (AvgIpc) is 2.45. The van der Waals surface area contributed by atoms with Crippen LogP contribution in [0.5, 0.6) is 0 Å². The summed E-state index contributed by atoms with van der Waals surface area (Å²) < 4.78 is 0. The van der Waals surface area contributed by atoms with Gasteiger partial charge in [0.25, 0.3) is 0 Å². The molecule has 1 unspecified atom stereocenters. The topological polar surface area (TPSA) is 41.0 Å². The molecule has 1 aliphatic rings. The first-order chi connectivity index (χ1) is 9.99. The van der Waals surface area contributed by atoms with Crippen molar-refractivity contribution in [2.75, 3.05) is 18.0 Å². The van der Waals surface area contributed by atoms with Gasteiger partial charge < -0.3 is 10.2 Å². The lowest BCUT2D eigenvalue weighted by molar-refractivity contribution is 0.365.